The van der Waals surface area contributed by atoms with E-state index >= 15 is 0 Å². The molecule has 0 aromatic carbocycles. The van der Waals surface area contributed by atoms with Crippen LogP contribution in [-0.2, 0) is 14.4 Å². The molecule has 0 spiro atoms. The van der Waals surface area contributed by atoms with Gasteiger partial charge in [0.2, 0.25) is 5.91 Å². The number of amides is 1. The number of alkyl halides is 1. The SMILES string of the molecule is C=CCO/N=C(\C(=O)Cl)c1csc(NC(=O)CCl)n1. The highest BCUT2D eigenvalue weighted by Crippen LogP contribution is 2.17. The third-order valence-electron chi connectivity index (χ3n) is 1.65. The molecule has 0 bridgehead atoms. The van der Waals surface area contributed by atoms with Crippen molar-refractivity contribution >= 4 is 56.5 Å². The van der Waals surface area contributed by atoms with E-state index in [9.17, 15) is 9.59 Å². The molecule has 0 saturated carbocycles. The smallest absolute Gasteiger partial charge is 0.276 e. The third kappa shape index (κ3) is 4.98. The first-order valence-corrected chi connectivity index (χ1v) is 6.70. The number of aromatic nitrogens is 1. The van der Waals surface area contributed by atoms with Crippen molar-refractivity contribution in [1.82, 2.24) is 4.98 Å². The van der Waals surface area contributed by atoms with Crippen molar-refractivity contribution in [2.45, 2.75) is 0 Å². The van der Waals surface area contributed by atoms with E-state index in [-0.39, 0.29) is 29.0 Å². The van der Waals surface area contributed by atoms with E-state index in [0.717, 1.165) is 11.3 Å². The van der Waals surface area contributed by atoms with Gasteiger partial charge in [-0.2, -0.15) is 0 Å². The van der Waals surface area contributed by atoms with Crippen LogP contribution in [0.4, 0.5) is 5.13 Å². The second-order valence-corrected chi connectivity index (χ2v) is 4.49. The fourth-order valence-electron chi connectivity index (χ4n) is 0.930. The van der Waals surface area contributed by atoms with Gasteiger partial charge in [0, 0.05) is 5.38 Å². The van der Waals surface area contributed by atoms with Crippen LogP contribution in [0.15, 0.2) is 23.2 Å². The maximum Gasteiger partial charge on any atom is 0.276 e. The fraction of sp³-hybridized carbons (Fsp3) is 0.200. The maximum atomic E-state index is 11.2. The number of rotatable bonds is 7. The normalized spacial score (nSPS) is 10.9. The fourth-order valence-corrected chi connectivity index (χ4v) is 1.84. The number of carbonyl (C=O) groups is 2. The topological polar surface area (TPSA) is 80.6 Å². The summed E-state index contributed by atoms with van der Waals surface area (Å²) in [4.78, 5) is 31.1. The van der Waals surface area contributed by atoms with Crippen LogP contribution < -0.4 is 5.32 Å². The summed E-state index contributed by atoms with van der Waals surface area (Å²) in [7, 11) is 0. The van der Waals surface area contributed by atoms with Gasteiger partial charge in [0.1, 0.15) is 18.2 Å². The van der Waals surface area contributed by atoms with Gasteiger partial charge in [0.15, 0.2) is 10.8 Å². The molecule has 0 saturated heterocycles. The largest absolute Gasteiger partial charge is 0.391 e. The first-order valence-electron chi connectivity index (χ1n) is 4.91. The molecule has 1 heterocycles. The molecule has 1 amide bonds. The number of hydrogen-bond acceptors (Lipinski definition) is 6. The predicted molar refractivity (Wildman–Crippen MR) is 75.0 cm³/mol. The summed E-state index contributed by atoms with van der Waals surface area (Å²) in [6, 6.07) is 0. The second-order valence-electron chi connectivity index (χ2n) is 3.02. The molecule has 6 nitrogen and oxygen atoms in total. The Morgan fingerprint density at radius 1 is 1.63 bits per heavy atom. The molecule has 1 aromatic heterocycles. The quantitative estimate of drug-likeness (QED) is 0.208. The molecule has 0 unspecified atom stereocenters. The van der Waals surface area contributed by atoms with E-state index in [2.05, 4.69) is 22.0 Å². The summed E-state index contributed by atoms with van der Waals surface area (Å²) >= 11 is 11.8. The van der Waals surface area contributed by atoms with Crippen LogP contribution in [0, 0.1) is 0 Å². The first-order chi connectivity index (χ1) is 9.08. The standard InChI is InChI=1S/C10H9Cl2N3O3S/c1-2-3-18-15-8(9(12)17)6-5-19-10(13-6)14-7(16)4-11/h2,5H,1,3-4H2,(H,13,14,16)/b15-8-. The summed E-state index contributed by atoms with van der Waals surface area (Å²) in [6.07, 6.45) is 1.47. The lowest BCUT2D eigenvalue weighted by Gasteiger charge is -1.98. The van der Waals surface area contributed by atoms with Gasteiger partial charge in [-0.3, -0.25) is 9.59 Å². The van der Waals surface area contributed by atoms with Gasteiger partial charge in [0.05, 0.1) is 0 Å². The van der Waals surface area contributed by atoms with E-state index in [0.29, 0.717) is 0 Å². The van der Waals surface area contributed by atoms with Crippen LogP contribution in [0.1, 0.15) is 5.69 Å². The van der Waals surface area contributed by atoms with E-state index in [4.69, 9.17) is 28.0 Å². The summed E-state index contributed by atoms with van der Waals surface area (Å²) in [5.41, 5.74) is 0.0603. The highest BCUT2D eigenvalue weighted by molar-refractivity contribution is 7.14. The molecule has 19 heavy (non-hydrogen) atoms. The van der Waals surface area contributed by atoms with Crippen LogP contribution in [0.25, 0.3) is 0 Å². The van der Waals surface area contributed by atoms with Crippen molar-refractivity contribution in [3.63, 3.8) is 0 Å². The lowest BCUT2D eigenvalue weighted by molar-refractivity contribution is -0.114. The minimum absolute atomic E-state index is 0.133. The van der Waals surface area contributed by atoms with Gasteiger partial charge in [-0.25, -0.2) is 4.98 Å². The Labute approximate surface area is 123 Å². The van der Waals surface area contributed by atoms with Crippen LogP contribution in [-0.4, -0.2) is 34.3 Å². The van der Waals surface area contributed by atoms with E-state index in [1.807, 2.05) is 0 Å². The summed E-state index contributed by atoms with van der Waals surface area (Å²) in [5.74, 6) is -0.589. The number of oxime groups is 1. The lowest BCUT2D eigenvalue weighted by atomic mass is 10.3. The van der Waals surface area contributed by atoms with Crippen molar-refractivity contribution in [3.05, 3.63) is 23.7 Å². The van der Waals surface area contributed by atoms with Crippen molar-refractivity contribution < 1.29 is 14.4 Å². The monoisotopic (exact) mass is 321 g/mol. The molecule has 0 aliphatic heterocycles. The zero-order valence-electron chi connectivity index (χ0n) is 9.56. The molecule has 9 heteroatoms. The number of hydrogen-bond donors (Lipinski definition) is 1. The second kappa shape index (κ2) is 7.88. The zero-order valence-corrected chi connectivity index (χ0v) is 11.9. The Kier molecular flexibility index (Phi) is 6.48. The van der Waals surface area contributed by atoms with Gasteiger partial charge in [-0.15, -0.1) is 22.9 Å². The number of nitrogens with one attached hydrogen (secondary N) is 1. The van der Waals surface area contributed by atoms with Crippen molar-refractivity contribution in [2.75, 3.05) is 17.8 Å². The van der Waals surface area contributed by atoms with Crippen molar-refractivity contribution in [2.24, 2.45) is 5.16 Å². The van der Waals surface area contributed by atoms with Crippen molar-refractivity contribution in [1.29, 1.82) is 0 Å². The van der Waals surface area contributed by atoms with E-state index < -0.39 is 11.1 Å². The molecule has 0 aliphatic carbocycles. The number of carbonyl (C=O) groups excluding carboxylic acids is 2. The Hall–Kier alpha value is -1.44. The summed E-state index contributed by atoms with van der Waals surface area (Å²) in [6.45, 7) is 3.57. The number of nitrogens with zero attached hydrogens (tertiary/aromatic N) is 2. The van der Waals surface area contributed by atoms with Crippen LogP contribution in [0.3, 0.4) is 0 Å². The Morgan fingerprint density at radius 2 is 2.37 bits per heavy atom. The van der Waals surface area contributed by atoms with Crippen LogP contribution in [0.5, 0.6) is 0 Å². The molecule has 102 valence electrons. The third-order valence-corrected chi connectivity index (χ3v) is 2.83. The number of halogens is 2. The van der Waals surface area contributed by atoms with Crippen LogP contribution in [0.2, 0.25) is 0 Å². The van der Waals surface area contributed by atoms with Gasteiger partial charge >= 0.3 is 0 Å². The van der Waals surface area contributed by atoms with Gasteiger partial charge in [-0.05, 0) is 11.6 Å². The Balaban J connectivity index is 2.86. The lowest BCUT2D eigenvalue weighted by Crippen LogP contribution is -2.14. The molecular formula is C10H9Cl2N3O3S. The average Bonchev–Trinajstić information content (AvgIpc) is 2.82. The number of thiazole rings is 1. The van der Waals surface area contributed by atoms with Crippen molar-refractivity contribution in [3.8, 4) is 0 Å². The highest BCUT2D eigenvalue weighted by Gasteiger charge is 2.17. The van der Waals surface area contributed by atoms with Gasteiger partial charge in [-0.1, -0.05) is 17.8 Å². The molecule has 1 aromatic rings. The van der Waals surface area contributed by atoms with Crippen LogP contribution >= 0.6 is 34.5 Å². The Morgan fingerprint density at radius 3 is 2.95 bits per heavy atom. The molecule has 1 rings (SSSR count). The molecule has 0 atom stereocenters. The van der Waals surface area contributed by atoms with Gasteiger partial charge < -0.3 is 10.2 Å². The minimum Gasteiger partial charge on any atom is -0.391 e. The number of anilines is 1. The van der Waals surface area contributed by atoms with E-state index in [1.54, 1.807) is 0 Å². The summed E-state index contributed by atoms with van der Waals surface area (Å²) in [5, 5.41) is 6.99. The maximum absolute atomic E-state index is 11.2. The highest BCUT2D eigenvalue weighted by atomic mass is 35.5. The molecule has 0 aliphatic rings. The molecule has 0 radical (unpaired) electrons. The Bertz CT molecular complexity index is 516. The predicted octanol–water partition coefficient (Wildman–Crippen LogP) is 1.99. The molecule has 0 fully saturated rings. The average molecular weight is 322 g/mol. The molecule has 1 N–H and O–H groups in total. The summed E-state index contributed by atoms with van der Waals surface area (Å²) < 4.78 is 0. The molecular weight excluding hydrogens is 313 g/mol. The zero-order chi connectivity index (χ0) is 14.3. The van der Waals surface area contributed by atoms with Gasteiger partial charge in [0.25, 0.3) is 5.24 Å². The first kappa shape index (κ1) is 15.6. The van der Waals surface area contributed by atoms with E-state index in [1.165, 1.54) is 11.5 Å². The minimum atomic E-state index is -0.815.